The maximum absolute atomic E-state index is 12.3. The summed E-state index contributed by atoms with van der Waals surface area (Å²) in [5, 5.41) is 0.750. The fraction of sp³-hybridized carbons (Fsp3) is 0.773. The van der Waals surface area contributed by atoms with E-state index < -0.39 is 12.7 Å². The number of hydrogen-bond acceptors (Lipinski definition) is 7. The third-order valence-electron chi connectivity index (χ3n) is 6.10. The minimum Gasteiger partial charge on any atom is -0.444 e. The molecule has 2 aliphatic heterocycles. The average Bonchev–Trinajstić information content (AvgIpc) is 2.88. The third kappa shape index (κ3) is 6.36. The highest BCUT2D eigenvalue weighted by molar-refractivity contribution is 7.99. The summed E-state index contributed by atoms with van der Waals surface area (Å²) in [4.78, 5) is 23.2. The number of rotatable bonds is 5. The van der Waals surface area contributed by atoms with E-state index in [-0.39, 0.29) is 17.3 Å². The fourth-order valence-corrected chi connectivity index (χ4v) is 4.50. The minimum atomic E-state index is -0.455. The van der Waals surface area contributed by atoms with Crippen molar-refractivity contribution in [1.82, 2.24) is 14.9 Å². The Morgan fingerprint density at radius 1 is 1.23 bits per heavy atom. The summed E-state index contributed by atoms with van der Waals surface area (Å²) in [5.41, 5.74) is -0.372. The van der Waals surface area contributed by atoms with Gasteiger partial charge >= 0.3 is 13.2 Å². The number of ether oxygens (including phenoxy) is 1. The lowest BCUT2D eigenvalue weighted by atomic mass is 9.81. The van der Waals surface area contributed by atoms with Crippen molar-refractivity contribution in [3.63, 3.8) is 0 Å². The molecular weight excluding hydrogens is 413 g/mol. The number of hydrogen-bond donors (Lipinski definition) is 0. The van der Waals surface area contributed by atoms with Gasteiger partial charge in [0.1, 0.15) is 5.60 Å². The largest absolute Gasteiger partial charge is 0.498 e. The van der Waals surface area contributed by atoms with E-state index in [0.717, 1.165) is 48.7 Å². The summed E-state index contributed by atoms with van der Waals surface area (Å²) in [6.45, 7) is 15.4. The summed E-state index contributed by atoms with van der Waals surface area (Å²) in [7, 11) is -0.440. The standard InChI is InChI=1S/C22H36BN3O4S/c1-20(2,3)28-19(27)26-11-8-9-16(15-26)10-12-31-18-24-13-17(14-25-18)23-29-21(4,5)22(6,7)30-23/h13-14,16H,8-12,15H2,1-7H3. The Morgan fingerprint density at radius 3 is 2.42 bits per heavy atom. The predicted molar refractivity (Wildman–Crippen MR) is 124 cm³/mol. The van der Waals surface area contributed by atoms with Crippen LogP contribution in [0.4, 0.5) is 4.79 Å². The highest BCUT2D eigenvalue weighted by atomic mass is 32.2. The van der Waals surface area contributed by atoms with Crippen LogP contribution in [0.1, 0.15) is 67.7 Å². The van der Waals surface area contributed by atoms with Gasteiger partial charge in [-0.1, -0.05) is 11.8 Å². The Balaban J connectivity index is 1.45. The Hall–Kier alpha value is -1.32. The van der Waals surface area contributed by atoms with Crippen LogP contribution < -0.4 is 5.46 Å². The molecule has 0 bridgehead atoms. The van der Waals surface area contributed by atoms with E-state index >= 15 is 0 Å². The van der Waals surface area contributed by atoms with Gasteiger partial charge in [0.05, 0.1) is 11.2 Å². The number of carbonyl (C=O) groups is 1. The van der Waals surface area contributed by atoms with Gasteiger partial charge in [-0.15, -0.1) is 0 Å². The lowest BCUT2D eigenvalue weighted by molar-refractivity contribution is 0.00578. The van der Waals surface area contributed by atoms with Crippen LogP contribution in [-0.2, 0) is 14.0 Å². The zero-order valence-electron chi connectivity index (χ0n) is 19.9. The number of aromatic nitrogens is 2. The summed E-state index contributed by atoms with van der Waals surface area (Å²) in [5.74, 6) is 1.40. The van der Waals surface area contributed by atoms with Crippen LogP contribution >= 0.6 is 11.8 Å². The van der Waals surface area contributed by atoms with E-state index in [0.29, 0.717) is 5.92 Å². The molecule has 0 aromatic carbocycles. The van der Waals surface area contributed by atoms with E-state index in [2.05, 4.69) is 9.97 Å². The topological polar surface area (TPSA) is 73.8 Å². The summed E-state index contributed by atoms with van der Waals surface area (Å²) in [6.07, 6.45) is 6.57. The van der Waals surface area contributed by atoms with Crippen LogP contribution in [0.2, 0.25) is 0 Å². The van der Waals surface area contributed by atoms with Gasteiger partial charge in [0.15, 0.2) is 5.16 Å². The number of thioether (sulfide) groups is 1. The molecule has 0 radical (unpaired) electrons. The Morgan fingerprint density at radius 2 is 1.84 bits per heavy atom. The second-order valence-corrected chi connectivity index (χ2v) is 11.5. The van der Waals surface area contributed by atoms with Crippen molar-refractivity contribution in [3.8, 4) is 0 Å². The molecule has 172 valence electrons. The van der Waals surface area contributed by atoms with E-state index in [4.69, 9.17) is 14.0 Å². The molecule has 0 aliphatic carbocycles. The molecule has 1 unspecified atom stereocenters. The molecule has 3 heterocycles. The predicted octanol–water partition coefficient (Wildman–Crippen LogP) is 3.91. The van der Waals surface area contributed by atoms with E-state index in [9.17, 15) is 4.79 Å². The number of carbonyl (C=O) groups excluding carboxylic acids is 1. The number of piperidine rings is 1. The summed E-state index contributed by atoms with van der Waals surface area (Å²) < 4.78 is 17.6. The first-order valence-electron chi connectivity index (χ1n) is 11.1. The molecule has 31 heavy (non-hydrogen) atoms. The zero-order valence-corrected chi connectivity index (χ0v) is 20.8. The monoisotopic (exact) mass is 449 g/mol. The molecule has 3 rings (SSSR count). The highest BCUT2D eigenvalue weighted by Gasteiger charge is 2.51. The van der Waals surface area contributed by atoms with Crippen LogP contribution in [0.25, 0.3) is 0 Å². The normalized spacial score (nSPS) is 23.1. The molecule has 1 atom stereocenters. The number of likely N-dealkylation sites (tertiary alicyclic amines) is 1. The molecule has 2 fully saturated rings. The van der Waals surface area contributed by atoms with Crippen molar-refractivity contribution in [2.45, 2.75) is 89.7 Å². The minimum absolute atomic E-state index is 0.202. The first kappa shape index (κ1) is 24.3. The molecule has 1 aromatic heterocycles. The molecule has 9 heteroatoms. The second-order valence-electron chi connectivity index (χ2n) is 10.5. The maximum Gasteiger partial charge on any atom is 0.498 e. The third-order valence-corrected chi connectivity index (χ3v) is 7.01. The molecule has 1 aromatic rings. The highest BCUT2D eigenvalue weighted by Crippen LogP contribution is 2.36. The van der Waals surface area contributed by atoms with Crippen LogP contribution in [-0.4, -0.2) is 63.7 Å². The zero-order chi connectivity index (χ0) is 22.9. The van der Waals surface area contributed by atoms with Gasteiger partial charge in [0.25, 0.3) is 0 Å². The number of nitrogens with zero attached hydrogens (tertiary/aromatic N) is 3. The van der Waals surface area contributed by atoms with Gasteiger partial charge in [-0.25, -0.2) is 14.8 Å². The van der Waals surface area contributed by atoms with Crippen molar-refractivity contribution in [2.24, 2.45) is 5.92 Å². The Bertz CT molecular complexity index is 751. The van der Waals surface area contributed by atoms with Gasteiger partial charge in [0.2, 0.25) is 0 Å². The lowest BCUT2D eigenvalue weighted by Crippen LogP contribution is -2.43. The van der Waals surface area contributed by atoms with Gasteiger partial charge < -0.3 is 18.9 Å². The van der Waals surface area contributed by atoms with Gasteiger partial charge in [-0.3, -0.25) is 0 Å². The summed E-state index contributed by atoms with van der Waals surface area (Å²) >= 11 is 1.65. The fourth-order valence-electron chi connectivity index (χ4n) is 3.61. The van der Waals surface area contributed by atoms with Crippen LogP contribution in [0, 0.1) is 5.92 Å². The first-order valence-corrected chi connectivity index (χ1v) is 12.1. The van der Waals surface area contributed by atoms with E-state index in [1.54, 1.807) is 24.2 Å². The smallest absolute Gasteiger partial charge is 0.444 e. The van der Waals surface area contributed by atoms with Gasteiger partial charge in [-0.2, -0.15) is 0 Å². The Kier molecular flexibility index (Phi) is 7.28. The van der Waals surface area contributed by atoms with Crippen molar-refractivity contribution in [1.29, 1.82) is 0 Å². The molecule has 0 spiro atoms. The van der Waals surface area contributed by atoms with Gasteiger partial charge in [-0.05, 0) is 73.6 Å². The van der Waals surface area contributed by atoms with Crippen molar-refractivity contribution in [3.05, 3.63) is 12.4 Å². The van der Waals surface area contributed by atoms with E-state index in [1.165, 1.54) is 0 Å². The molecule has 1 amide bonds. The molecule has 0 saturated carbocycles. The SMILES string of the molecule is CC(C)(C)OC(=O)N1CCCC(CCSc2ncc(B3OC(C)(C)C(C)(C)O3)cn2)C1. The molecule has 2 aliphatic rings. The Labute approximate surface area is 191 Å². The van der Waals surface area contributed by atoms with Gasteiger partial charge in [0, 0.05) is 36.7 Å². The van der Waals surface area contributed by atoms with Crippen LogP contribution in [0.15, 0.2) is 17.6 Å². The first-order chi connectivity index (χ1) is 14.4. The van der Waals surface area contributed by atoms with Crippen molar-refractivity contribution >= 4 is 30.4 Å². The van der Waals surface area contributed by atoms with Crippen LogP contribution in [0.5, 0.6) is 0 Å². The quantitative estimate of drug-likeness (QED) is 0.383. The second kappa shape index (κ2) is 9.28. The average molecular weight is 449 g/mol. The summed E-state index contributed by atoms with van der Waals surface area (Å²) in [6, 6.07) is 0. The lowest BCUT2D eigenvalue weighted by Gasteiger charge is -2.34. The van der Waals surface area contributed by atoms with Crippen LogP contribution in [0.3, 0.4) is 0 Å². The maximum atomic E-state index is 12.3. The molecule has 2 saturated heterocycles. The molecule has 0 N–H and O–H groups in total. The molecular formula is C22H36BN3O4S. The van der Waals surface area contributed by atoms with Crippen molar-refractivity contribution in [2.75, 3.05) is 18.8 Å². The van der Waals surface area contributed by atoms with Crippen molar-refractivity contribution < 1.29 is 18.8 Å². The van der Waals surface area contributed by atoms with E-state index in [1.807, 2.05) is 53.4 Å². The molecule has 7 nitrogen and oxygen atoms in total. The number of amides is 1.